The molecule has 0 radical (unpaired) electrons. The number of fused-ring (bicyclic) bond motifs is 5. The lowest BCUT2D eigenvalue weighted by Gasteiger charge is -2.48. The van der Waals surface area contributed by atoms with Crippen LogP contribution in [0.3, 0.4) is 0 Å². The fourth-order valence-electron chi connectivity index (χ4n) is 5.38. The van der Waals surface area contributed by atoms with Crippen LogP contribution in [0.4, 0.5) is 0 Å². The summed E-state index contributed by atoms with van der Waals surface area (Å²) in [4.78, 5) is 35.2. The van der Waals surface area contributed by atoms with Crippen LogP contribution in [0.2, 0.25) is 0 Å². The third kappa shape index (κ3) is 2.63. The van der Waals surface area contributed by atoms with Crippen LogP contribution in [0.1, 0.15) is 39.5 Å². The number of carbonyl (C=O) groups excluding carboxylic acids is 3. The summed E-state index contributed by atoms with van der Waals surface area (Å²) >= 11 is 0. The number of hydrogen-bond acceptors (Lipinski definition) is 4. The molecule has 0 heterocycles. The largest absolute Gasteiger partial charge is 0.457 e. The molecule has 1 saturated carbocycles. The van der Waals surface area contributed by atoms with Crippen LogP contribution in [0.15, 0.2) is 47.1 Å². The van der Waals surface area contributed by atoms with Crippen LogP contribution in [-0.2, 0) is 19.1 Å². The van der Waals surface area contributed by atoms with Gasteiger partial charge in [-0.2, -0.15) is 0 Å². The fraction of sp³-hybridized carbons (Fsp3) is 0.500. The molecule has 136 valence electrons. The second-order valence-corrected chi connectivity index (χ2v) is 8.02. The fourth-order valence-corrected chi connectivity index (χ4v) is 5.38. The summed E-state index contributed by atoms with van der Waals surface area (Å²) in [5, 5.41) is 0. The molecule has 26 heavy (non-hydrogen) atoms. The minimum absolute atomic E-state index is 0.0599. The SMILES string of the molecule is CC(=O)OCC(=O)C1=CC[C@@H]2[C@@H]1CC=C1[C@H]2CCC2=CC(=O)C=C[C@@]21C. The molecule has 0 saturated heterocycles. The predicted molar refractivity (Wildman–Crippen MR) is 97.1 cm³/mol. The molecule has 0 unspecified atom stereocenters. The van der Waals surface area contributed by atoms with Gasteiger partial charge < -0.3 is 4.74 Å². The average molecular weight is 352 g/mol. The summed E-state index contributed by atoms with van der Waals surface area (Å²) < 4.78 is 4.91. The van der Waals surface area contributed by atoms with Gasteiger partial charge in [-0.25, -0.2) is 0 Å². The first-order valence-electron chi connectivity index (χ1n) is 9.41. The van der Waals surface area contributed by atoms with Crippen LogP contribution >= 0.6 is 0 Å². The first-order chi connectivity index (χ1) is 12.4. The third-order valence-corrected chi connectivity index (χ3v) is 6.65. The van der Waals surface area contributed by atoms with Crippen molar-refractivity contribution in [3.63, 3.8) is 0 Å². The molecule has 0 aliphatic heterocycles. The van der Waals surface area contributed by atoms with E-state index in [2.05, 4.69) is 25.2 Å². The van der Waals surface area contributed by atoms with E-state index in [0.717, 1.165) is 31.3 Å². The lowest BCUT2D eigenvalue weighted by atomic mass is 9.55. The Balaban J connectivity index is 1.57. The Hall–Kier alpha value is -2.23. The maximum Gasteiger partial charge on any atom is 0.303 e. The summed E-state index contributed by atoms with van der Waals surface area (Å²) in [6.45, 7) is 3.39. The molecule has 0 bridgehead atoms. The van der Waals surface area contributed by atoms with Crippen LogP contribution in [0, 0.1) is 23.2 Å². The summed E-state index contributed by atoms with van der Waals surface area (Å²) in [5.74, 6) is 0.730. The van der Waals surface area contributed by atoms with Crippen LogP contribution in [0.25, 0.3) is 0 Å². The maximum absolute atomic E-state index is 12.5. The second-order valence-electron chi connectivity index (χ2n) is 8.02. The van der Waals surface area contributed by atoms with Gasteiger partial charge in [0.25, 0.3) is 0 Å². The van der Waals surface area contributed by atoms with Crippen molar-refractivity contribution >= 4 is 17.5 Å². The van der Waals surface area contributed by atoms with Gasteiger partial charge in [0.2, 0.25) is 0 Å². The van der Waals surface area contributed by atoms with Gasteiger partial charge in [0.1, 0.15) is 0 Å². The van der Waals surface area contributed by atoms with E-state index in [1.807, 2.05) is 6.08 Å². The number of allylic oxidation sites excluding steroid dienone is 7. The first-order valence-corrected chi connectivity index (χ1v) is 9.41. The molecule has 1 fully saturated rings. The van der Waals surface area contributed by atoms with Crippen molar-refractivity contribution < 1.29 is 19.1 Å². The van der Waals surface area contributed by atoms with E-state index in [4.69, 9.17) is 4.74 Å². The molecule has 0 aromatic carbocycles. The zero-order chi connectivity index (χ0) is 18.5. The average Bonchev–Trinajstić information content (AvgIpc) is 3.04. The molecule has 4 atom stereocenters. The van der Waals surface area contributed by atoms with Gasteiger partial charge in [-0.15, -0.1) is 0 Å². The standard InChI is InChI=1S/C22H24O4/c1-13(23)26-12-21(25)19-6-5-16-17(19)7-8-20-18(16)4-3-14-11-15(24)9-10-22(14,20)2/h6,8-11,16-18H,3-5,7,12H2,1-2H3/t16-,17+,18+,22+/m1/s1. The number of Topliss-reactive ketones (excluding diaryl/α,β-unsaturated/α-hetero) is 1. The molecule has 0 spiro atoms. The minimum atomic E-state index is -0.419. The Bertz CT molecular complexity index is 810. The van der Waals surface area contributed by atoms with Crippen LogP contribution in [0.5, 0.6) is 0 Å². The van der Waals surface area contributed by atoms with Gasteiger partial charge in [0.15, 0.2) is 18.2 Å². The van der Waals surface area contributed by atoms with Crippen molar-refractivity contribution in [2.24, 2.45) is 23.2 Å². The van der Waals surface area contributed by atoms with Crippen molar-refractivity contribution in [3.05, 3.63) is 47.1 Å². The van der Waals surface area contributed by atoms with E-state index in [1.54, 1.807) is 6.08 Å². The molecule has 4 aliphatic rings. The molecule has 0 amide bonds. The summed E-state index contributed by atoms with van der Waals surface area (Å²) in [7, 11) is 0. The van der Waals surface area contributed by atoms with E-state index in [1.165, 1.54) is 18.1 Å². The van der Waals surface area contributed by atoms with Gasteiger partial charge >= 0.3 is 5.97 Å². The number of carbonyl (C=O) groups is 3. The van der Waals surface area contributed by atoms with E-state index < -0.39 is 5.97 Å². The highest BCUT2D eigenvalue weighted by Crippen LogP contribution is 2.58. The quantitative estimate of drug-likeness (QED) is 0.576. The highest BCUT2D eigenvalue weighted by molar-refractivity contribution is 6.01. The minimum Gasteiger partial charge on any atom is -0.457 e. The Morgan fingerprint density at radius 1 is 1.23 bits per heavy atom. The van der Waals surface area contributed by atoms with Gasteiger partial charge in [0, 0.05) is 12.3 Å². The molecule has 4 heteroatoms. The highest BCUT2D eigenvalue weighted by atomic mass is 16.5. The predicted octanol–water partition coefficient (Wildman–Crippen LogP) is 3.49. The monoisotopic (exact) mass is 352 g/mol. The van der Waals surface area contributed by atoms with Gasteiger partial charge in [-0.05, 0) is 68.1 Å². The number of rotatable bonds is 3. The normalized spacial score (nSPS) is 34.8. The smallest absolute Gasteiger partial charge is 0.303 e. The van der Waals surface area contributed by atoms with E-state index in [9.17, 15) is 14.4 Å². The summed E-state index contributed by atoms with van der Waals surface area (Å²) in [6.07, 6.45) is 13.7. The van der Waals surface area contributed by atoms with E-state index in [-0.39, 0.29) is 29.5 Å². The van der Waals surface area contributed by atoms with E-state index >= 15 is 0 Å². The van der Waals surface area contributed by atoms with Gasteiger partial charge in [0.05, 0.1) is 0 Å². The Morgan fingerprint density at radius 2 is 2.04 bits per heavy atom. The zero-order valence-corrected chi connectivity index (χ0v) is 15.3. The van der Waals surface area contributed by atoms with Crippen LogP contribution in [-0.4, -0.2) is 24.1 Å². The number of ether oxygens (including phenoxy) is 1. The number of esters is 1. The lowest BCUT2D eigenvalue weighted by Crippen LogP contribution is -2.39. The van der Waals surface area contributed by atoms with Crippen molar-refractivity contribution in [1.29, 1.82) is 0 Å². The third-order valence-electron chi connectivity index (χ3n) is 6.65. The molecule has 0 aromatic rings. The summed E-state index contributed by atoms with van der Waals surface area (Å²) in [6, 6.07) is 0. The van der Waals surface area contributed by atoms with Crippen molar-refractivity contribution in [3.8, 4) is 0 Å². The number of hydrogen-bond donors (Lipinski definition) is 0. The maximum atomic E-state index is 12.5. The van der Waals surface area contributed by atoms with Crippen molar-refractivity contribution in [2.75, 3.05) is 6.61 Å². The zero-order valence-electron chi connectivity index (χ0n) is 15.3. The first kappa shape index (κ1) is 17.2. The Kier molecular flexibility index (Phi) is 4.09. The van der Waals surface area contributed by atoms with Crippen LogP contribution < -0.4 is 0 Å². The number of ketones is 2. The molecule has 4 rings (SSSR count). The Labute approximate surface area is 153 Å². The highest BCUT2D eigenvalue weighted by Gasteiger charge is 2.48. The van der Waals surface area contributed by atoms with Crippen molar-refractivity contribution in [2.45, 2.75) is 39.5 Å². The van der Waals surface area contributed by atoms with Gasteiger partial charge in [-0.3, -0.25) is 14.4 Å². The van der Waals surface area contributed by atoms with Gasteiger partial charge in [-0.1, -0.05) is 29.4 Å². The molecular formula is C22H24O4. The van der Waals surface area contributed by atoms with Crippen molar-refractivity contribution in [1.82, 2.24) is 0 Å². The topological polar surface area (TPSA) is 60.4 Å². The van der Waals surface area contributed by atoms with E-state index in [0.29, 0.717) is 11.8 Å². The molecule has 0 aromatic heterocycles. The molecule has 0 N–H and O–H groups in total. The molecule has 4 nitrogen and oxygen atoms in total. The second kappa shape index (κ2) is 6.19. The summed E-state index contributed by atoms with van der Waals surface area (Å²) in [5.41, 5.74) is 3.34. The molecular weight excluding hydrogens is 328 g/mol. The molecule has 4 aliphatic carbocycles. The Morgan fingerprint density at radius 3 is 2.81 bits per heavy atom. The lowest BCUT2D eigenvalue weighted by molar-refractivity contribution is -0.144.